The van der Waals surface area contributed by atoms with Gasteiger partial charge in [-0.3, -0.25) is 9.78 Å². The zero-order chi connectivity index (χ0) is 15.0. The number of primary amides is 1. The Bertz CT molecular complexity index is 864. The molecule has 0 unspecified atom stereocenters. The van der Waals surface area contributed by atoms with Crippen LogP contribution < -0.4 is 5.73 Å². The molecule has 104 valence electrons. The van der Waals surface area contributed by atoms with Gasteiger partial charge in [0.1, 0.15) is 5.82 Å². The predicted octanol–water partition coefficient (Wildman–Crippen LogP) is 3.79. The Morgan fingerprint density at radius 2 is 1.95 bits per heavy atom. The van der Waals surface area contributed by atoms with E-state index in [-0.39, 0.29) is 5.02 Å². The summed E-state index contributed by atoms with van der Waals surface area (Å²) >= 11 is 5.83. The van der Waals surface area contributed by atoms with Crippen molar-refractivity contribution in [3.63, 3.8) is 0 Å². The summed E-state index contributed by atoms with van der Waals surface area (Å²) in [5.41, 5.74) is 7.20. The Balaban J connectivity index is 2.28. The van der Waals surface area contributed by atoms with Gasteiger partial charge in [0.15, 0.2) is 0 Å². The Morgan fingerprint density at radius 3 is 2.67 bits per heavy atom. The van der Waals surface area contributed by atoms with Gasteiger partial charge in [-0.1, -0.05) is 23.7 Å². The minimum Gasteiger partial charge on any atom is -0.366 e. The first-order chi connectivity index (χ1) is 10.1. The van der Waals surface area contributed by atoms with Crippen LogP contribution in [-0.2, 0) is 0 Å². The lowest BCUT2D eigenvalue weighted by atomic mass is 9.99. The quantitative estimate of drug-likeness (QED) is 0.782. The van der Waals surface area contributed by atoms with Gasteiger partial charge in [0.25, 0.3) is 0 Å². The molecular weight excluding hydrogens is 291 g/mol. The fraction of sp³-hybridized carbons (Fsp3) is 0. The van der Waals surface area contributed by atoms with E-state index in [0.717, 1.165) is 21.9 Å². The Hall–Kier alpha value is -2.46. The SMILES string of the molecule is NC(=O)c1ccc2cncc(-c3ccc(F)c(Cl)c3)c2c1. The summed E-state index contributed by atoms with van der Waals surface area (Å²) in [4.78, 5) is 15.5. The standard InChI is InChI=1S/C16H10ClFN2O/c17-14-6-9(3-4-15(14)18)13-8-20-7-11-2-1-10(16(19)21)5-12(11)13/h1-8H,(H2,19,21). The molecule has 3 aromatic rings. The summed E-state index contributed by atoms with van der Waals surface area (Å²) in [5.74, 6) is -0.983. The second-order valence-corrected chi connectivity index (χ2v) is 5.02. The van der Waals surface area contributed by atoms with Crippen LogP contribution in [0, 0.1) is 5.82 Å². The summed E-state index contributed by atoms with van der Waals surface area (Å²) in [7, 11) is 0. The number of pyridine rings is 1. The lowest BCUT2D eigenvalue weighted by Crippen LogP contribution is -2.10. The van der Waals surface area contributed by atoms with E-state index < -0.39 is 11.7 Å². The van der Waals surface area contributed by atoms with Gasteiger partial charge < -0.3 is 5.73 Å². The number of aromatic nitrogens is 1. The average molecular weight is 301 g/mol. The molecule has 0 aliphatic carbocycles. The van der Waals surface area contributed by atoms with Crippen LogP contribution in [0.25, 0.3) is 21.9 Å². The number of nitrogens with two attached hydrogens (primary N) is 1. The van der Waals surface area contributed by atoms with Crippen LogP contribution in [0.1, 0.15) is 10.4 Å². The molecule has 1 aromatic heterocycles. The number of hydrogen-bond acceptors (Lipinski definition) is 2. The van der Waals surface area contributed by atoms with Gasteiger partial charge in [-0.15, -0.1) is 0 Å². The maximum atomic E-state index is 13.3. The Morgan fingerprint density at radius 1 is 1.14 bits per heavy atom. The van der Waals surface area contributed by atoms with Crippen molar-refractivity contribution in [2.24, 2.45) is 5.73 Å². The van der Waals surface area contributed by atoms with Crippen molar-refractivity contribution in [3.8, 4) is 11.1 Å². The lowest BCUT2D eigenvalue weighted by molar-refractivity contribution is 0.100. The van der Waals surface area contributed by atoms with Gasteiger partial charge in [-0.2, -0.15) is 0 Å². The van der Waals surface area contributed by atoms with E-state index in [1.807, 2.05) is 0 Å². The van der Waals surface area contributed by atoms with Crippen molar-refractivity contribution in [1.29, 1.82) is 0 Å². The second-order valence-electron chi connectivity index (χ2n) is 4.62. The van der Waals surface area contributed by atoms with Crippen molar-refractivity contribution >= 4 is 28.3 Å². The molecule has 0 fully saturated rings. The number of amides is 1. The van der Waals surface area contributed by atoms with E-state index in [2.05, 4.69) is 4.98 Å². The number of rotatable bonds is 2. The number of carbonyl (C=O) groups is 1. The van der Waals surface area contributed by atoms with Gasteiger partial charge in [-0.25, -0.2) is 4.39 Å². The maximum absolute atomic E-state index is 13.3. The van der Waals surface area contributed by atoms with Crippen molar-refractivity contribution in [2.45, 2.75) is 0 Å². The van der Waals surface area contributed by atoms with Crippen LogP contribution in [-0.4, -0.2) is 10.9 Å². The first kappa shape index (κ1) is 13.5. The first-order valence-corrected chi connectivity index (χ1v) is 6.57. The van der Waals surface area contributed by atoms with Gasteiger partial charge >= 0.3 is 0 Å². The highest BCUT2D eigenvalue weighted by atomic mass is 35.5. The van der Waals surface area contributed by atoms with Crippen LogP contribution in [0.4, 0.5) is 4.39 Å². The summed E-state index contributed by atoms with van der Waals surface area (Å²) in [6, 6.07) is 9.57. The minimum atomic E-state index is -0.503. The number of benzene rings is 2. The number of nitrogens with zero attached hydrogens (tertiary/aromatic N) is 1. The largest absolute Gasteiger partial charge is 0.366 e. The molecule has 5 heteroatoms. The zero-order valence-electron chi connectivity index (χ0n) is 10.8. The third kappa shape index (κ3) is 2.45. The lowest BCUT2D eigenvalue weighted by Gasteiger charge is -2.08. The molecular formula is C16H10ClFN2O. The molecule has 2 N–H and O–H groups in total. The second kappa shape index (κ2) is 5.14. The topological polar surface area (TPSA) is 56.0 Å². The molecule has 0 radical (unpaired) electrons. The van der Waals surface area contributed by atoms with Gasteiger partial charge in [0.2, 0.25) is 5.91 Å². The van der Waals surface area contributed by atoms with Gasteiger partial charge in [0.05, 0.1) is 5.02 Å². The highest BCUT2D eigenvalue weighted by Gasteiger charge is 2.09. The number of fused-ring (bicyclic) bond motifs is 1. The van der Waals surface area contributed by atoms with E-state index in [1.165, 1.54) is 12.1 Å². The summed E-state index contributed by atoms with van der Waals surface area (Å²) in [5, 5.41) is 1.71. The third-order valence-corrected chi connectivity index (χ3v) is 3.57. The molecule has 0 saturated carbocycles. The smallest absolute Gasteiger partial charge is 0.248 e. The average Bonchev–Trinajstić information content (AvgIpc) is 2.49. The van der Waals surface area contributed by atoms with E-state index in [9.17, 15) is 9.18 Å². The molecule has 0 aliphatic rings. The number of carbonyl (C=O) groups excluding carboxylic acids is 1. The van der Waals surface area contributed by atoms with E-state index in [0.29, 0.717) is 5.56 Å². The van der Waals surface area contributed by atoms with Gasteiger partial charge in [-0.05, 0) is 35.2 Å². The predicted molar refractivity (Wildman–Crippen MR) is 80.7 cm³/mol. The highest BCUT2D eigenvalue weighted by molar-refractivity contribution is 6.31. The van der Waals surface area contributed by atoms with Crippen LogP contribution >= 0.6 is 11.6 Å². The molecule has 21 heavy (non-hydrogen) atoms. The fourth-order valence-electron chi connectivity index (χ4n) is 2.21. The first-order valence-electron chi connectivity index (χ1n) is 6.19. The fourth-order valence-corrected chi connectivity index (χ4v) is 2.39. The van der Waals surface area contributed by atoms with Crippen molar-refractivity contribution in [3.05, 3.63) is 65.2 Å². The van der Waals surface area contributed by atoms with E-state index >= 15 is 0 Å². The van der Waals surface area contributed by atoms with Crippen molar-refractivity contribution in [2.75, 3.05) is 0 Å². The monoisotopic (exact) mass is 300 g/mol. The molecule has 0 aliphatic heterocycles. The Kier molecular flexibility index (Phi) is 3.31. The van der Waals surface area contributed by atoms with Crippen LogP contribution in [0.2, 0.25) is 5.02 Å². The molecule has 2 aromatic carbocycles. The molecule has 1 heterocycles. The van der Waals surface area contributed by atoms with Crippen LogP contribution in [0.15, 0.2) is 48.8 Å². The Labute approximate surface area is 125 Å². The number of halogens is 2. The summed E-state index contributed by atoms with van der Waals surface area (Å²) < 4.78 is 13.3. The molecule has 1 amide bonds. The maximum Gasteiger partial charge on any atom is 0.248 e. The summed E-state index contributed by atoms with van der Waals surface area (Å²) in [6.07, 6.45) is 3.34. The molecule has 0 spiro atoms. The molecule has 0 atom stereocenters. The van der Waals surface area contributed by atoms with Crippen molar-refractivity contribution in [1.82, 2.24) is 4.98 Å². The minimum absolute atomic E-state index is 0.0376. The molecule has 3 rings (SSSR count). The highest BCUT2D eigenvalue weighted by Crippen LogP contribution is 2.30. The zero-order valence-corrected chi connectivity index (χ0v) is 11.6. The molecule has 3 nitrogen and oxygen atoms in total. The van der Waals surface area contributed by atoms with Crippen LogP contribution in [0.3, 0.4) is 0 Å². The van der Waals surface area contributed by atoms with E-state index in [1.54, 1.807) is 36.7 Å². The molecule has 0 saturated heterocycles. The summed E-state index contributed by atoms with van der Waals surface area (Å²) in [6.45, 7) is 0. The van der Waals surface area contributed by atoms with E-state index in [4.69, 9.17) is 17.3 Å². The third-order valence-electron chi connectivity index (χ3n) is 3.28. The van der Waals surface area contributed by atoms with Crippen LogP contribution in [0.5, 0.6) is 0 Å². The van der Waals surface area contributed by atoms with Crippen molar-refractivity contribution < 1.29 is 9.18 Å². The molecule has 0 bridgehead atoms. The number of hydrogen-bond donors (Lipinski definition) is 1. The van der Waals surface area contributed by atoms with Gasteiger partial charge in [0, 0.05) is 28.9 Å². The normalized spacial score (nSPS) is 10.8.